The zero-order valence-corrected chi connectivity index (χ0v) is 41.7. The lowest BCUT2D eigenvalue weighted by atomic mass is 9.67. The summed E-state index contributed by atoms with van der Waals surface area (Å²) < 4.78 is 0. The third-order valence-corrected chi connectivity index (χ3v) is 19.4. The van der Waals surface area contributed by atoms with Gasteiger partial charge >= 0.3 is 0 Å². The molecular formula is C74H54. The van der Waals surface area contributed by atoms with Crippen LogP contribution in [-0.2, 0) is 10.8 Å². The minimum Gasteiger partial charge on any atom is -0.0610 e. The normalized spacial score (nSPS) is 16.3. The third-order valence-electron chi connectivity index (χ3n) is 19.4. The van der Waals surface area contributed by atoms with E-state index in [9.17, 15) is 0 Å². The van der Waals surface area contributed by atoms with Gasteiger partial charge in [0.05, 0.1) is 0 Å². The van der Waals surface area contributed by atoms with Crippen LogP contribution in [0.1, 0.15) is 86.5 Å². The molecule has 0 aromatic heterocycles. The largest absolute Gasteiger partial charge is 0.0610 e. The Hall–Kier alpha value is -8.06. The van der Waals surface area contributed by atoms with E-state index in [0.717, 1.165) is 0 Å². The Kier molecular flexibility index (Phi) is 8.54. The molecule has 0 N–H and O–H groups in total. The summed E-state index contributed by atoms with van der Waals surface area (Å²) in [5.74, 6) is 0. The number of benzene rings is 13. The molecule has 4 aliphatic carbocycles. The van der Waals surface area contributed by atoms with E-state index in [2.05, 4.69) is 206 Å². The van der Waals surface area contributed by atoms with Crippen molar-refractivity contribution in [1.29, 1.82) is 0 Å². The van der Waals surface area contributed by atoms with Gasteiger partial charge in [0.2, 0.25) is 0 Å². The quantitative estimate of drug-likeness (QED) is 0.154. The zero-order valence-electron chi connectivity index (χ0n) is 41.7. The van der Waals surface area contributed by atoms with E-state index in [0.29, 0.717) is 0 Å². The highest BCUT2D eigenvalue weighted by molar-refractivity contribution is 6.27. The Bertz CT molecular complexity index is 4150. The van der Waals surface area contributed by atoms with Gasteiger partial charge in [0.1, 0.15) is 0 Å². The third kappa shape index (κ3) is 5.64. The Balaban J connectivity index is 0.713. The van der Waals surface area contributed by atoms with Gasteiger partial charge in [-0.1, -0.05) is 221 Å². The Labute approximate surface area is 432 Å². The van der Waals surface area contributed by atoms with Crippen molar-refractivity contribution >= 4 is 64.6 Å². The molecule has 0 nitrogen and oxygen atoms in total. The number of hydrogen-bond acceptors (Lipinski definition) is 0. The maximum Gasteiger partial charge on any atom is 0.0215 e. The fraction of sp³-hybridized carbons (Fsp3) is 0.162. The first kappa shape index (κ1) is 41.4. The first-order valence-electron chi connectivity index (χ1n) is 27.6. The first-order valence-corrected chi connectivity index (χ1v) is 27.6. The van der Waals surface area contributed by atoms with E-state index < -0.39 is 0 Å². The van der Waals surface area contributed by atoms with Crippen molar-refractivity contribution in [3.63, 3.8) is 0 Å². The molecular weight excluding hydrogens is 889 g/mol. The van der Waals surface area contributed by atoms with Crippen LogP contribution in [0, 0.1) is 0 Å². The van der Waals surface area contributed by atoms with Crippen molar-refractivity contribution in [2.24, 2.45) is 0 Å². The van der Waals surface area contributed by atoms with E-state index in [4.69, 9.17) is 0 Å². The van der Waals surface area contributed by atoms with Crippen molar-refractivity contribution < 1.29 is 0 Å². The lowest BCUT2D eigenvalue weighted by Gasteiger charge is -2.36. The summed E-state index contributed by atoms with van der Waals surface area (Å²) in [6, 6.07) is 80.8. The molecule has 2 saturated carbocycles. The molecule has 0 amide bonds. The molecule has 74 heavy (non-hydrogen) atoms. The lowest BCUT2D eigenvalue weighted by molar-refractivity contribution is 0.353. The van der Waals surface area contributed by atoms with Crippen LogP contribution < -0.4 is 0 Å². The molecule has 2 spiro atoms. The van der Waals surface area contributed by atoms with Gasteiger partial charge in [-0.25, -0.2) is 0 Å². The Morgan fingerprint density at radius 1 is 0.216 bits per heavy atom. The fourth-order valence-electron chi connectivity index (χ4n) is 15.9. The van der Waals surface area contributed by atoms with Crippen LogP contribution in [-0.4, -0.2) is 0 Å². The molecule has 0 bridgehead atoms. The number of rotatable bonds is 4. The average Bonchev–Trinajstić information content (AvgIpc) is 3.87. The van der Waals surface area contributed by atoms with Crippen molar-refractivity contribution in [1.82, 2.24) is 0 Å². The maximum atomic E-state index is 2.60. The topological polar surface area (TPSA) is 0 Å². The molecule has 13 aromatic carbocycles. The molecule has 0 heteroatoms. The van der Waals surface area contributed by atoms with Crippen LogP contribution in [0.3, 0.4) is 0 Å². The summed E-state index contributed by atoms with van der Waals surface area (Å²) in [7, 11) is 0. The summed E-state index contributed by atoms with van der Waals surface area (Å²) in [4.78, 5) is 0. The van der Waals surface area contributed by atoms with E-state index in [1.165, 1.54) is 196 Å². The average molecular weight is 943 g/mol. The second kappa shape index (κ2) is 15.3. The second-order valence-corrected chi connectivity index (χ2v) is 22.8. The summed E-state index contributed by atoms with van der Waals surface area (Å²) >= 11 is 0. The van der Waals surface area contributed by atoms with Gasteiger partial charge in [0.15, 0.2) is 0 Å². The minimum absolute atomic E-state index is 0.0401. The van der Waals surface area contributed by atoms with Gasteiger partial charge in [-0.2, -0.15) is 0 Å². The molecule has 0 saturated heterocycles. The van der Waals surface area contributed by atoms with Crippen LogP contribution in [0.5, 0.6) is 0 Å². The molecule has 0 aliphatic heterocycles. The van der Waals surface area contributed by atoms with Crippen LogP contribution in [0.25, 0.3) is 131 Å². The van der Waals surface area contributed by atoms with Crippen LogP contribution in [0.4, 0.5) is 0 Å². The predicted molar refractivity (Wildman–Crippen MR) is 314 cm³/mol. The molecule has 0 heterocycles. The standard InChI is InChI=1S/C74H54/c1-3-37-73(38-4-1)65-41-53(25-31-59(65)61-33-27-55(43-67(61)73)57-29-21-51-19-17-47-9-7-11-49-23-35-63(57)71(51)69(47)49)45-13-15-46(16-14-45)54-26-32-60-62-34-28-56(44-68(62)74(66(60)42-54)39-5-2-6-40-74)58-30-22-52-20-18-48-10-8-12-50-24-36-64(58)72(52)70(48)50/h7-36,41-44H,1-6,37-40H2. The van der Waals surface area contributed by atoms with Gasteiger partial charge in [0, 0.05) is 10.8 Å². The van der Waals surface area contributed by atoms with E-state index in [1.54, 1.807) is 22.3 Å². The van der Waals surface area contributed by atoms with Crippen LogP contribution in [0.2, 0.25) is 0 Å². The smallest absolute Gasteiger partial charge is 0.0215 e. The SMILES string of the molecule is c1cc2ccc3ccc(-c4ccc5c(c4)C4(CCCCC4)c4cc(-c6ccc(-c7ccc8c(c7)C7(CCCCC7)c7cc(-c9ccc%10ccc%11cccc%12ccc9c%10c%11%12)ccc7-8)cc6)ccc4-5)c4ccc(c1)c2c34. The van der Waals surface area contributed by atoms with E-state index in [-0.39, 0.29) is 10.8 Å². The molecule has 4 aliphatic rings. The second-order valence-electron chi connectivity index (χ2n) is 22.8. The molecule has 0 radical (unpaired) electrons. The van der Waals surface area contributed by atoms with Gasteiger partial charge in [-0.3, -0.25) is 0 Å². The molecule has 17 rings (SSSR count). The predicted octanol–water partition coefficient (Wildman–Crippen LogP) is 20.6. The van der Waals surface area contributed by atoms with Crippen LogP contribution in [0.15, 0.2) is 206 Å². The fourth-order valence-corrected chi connectivity index (χ4v) is 15.9. The zero-order chi connectivity index (χ0) is 48.3. The van der Waals surface area contributed by atoms with Crippen LogP contribution >= 0.6 is 0 Å². The summed E-state index contributed by atoms with van der Waals surface area (Å²) in [6.45, 7) is 0. The lowest BCUT2D eigenvalue weighted by Crippen LogP contribution is -2.28. The van der Waals surface area contributed by atoms with E-state index >= 15 is 0 Å². The number of fused-ring (bicyclic) bond motifs is 10. The molecule has 0 atom stereocenters. The van der Waals surface area contributed by atoms with Gasteiger partial charge in [-0.15, -0.1) is 0 Å². The monoisotopic (exact) mass is 942 g/mol. The summed E-state index contributed by atoms with van der Waals surface area (Å²) in [6.07, 6.45) is 12.6. The highest BCUT2D eigenvalue weighted by atomic mass is 14.5. The van der Waals surface area contributed by atoms with Gasteiger partial charge < -0.3 is 0 Å². The highest BCUT2D eigenvalue weighted by Crippen LogP contribution is 2.59. The van der Waals surface area contributed by atoms with E-state index in [1.807, 2.05) is 0 Å². The molecule has 13 aromatic rings. The van der Waals surface area contributed by atoms with Crippen molar-refractivity contribution in [2.45, 2.75) is 75.0 Å². The van der Waals surface area contributed by atoms with Gasteiger partial charge in [-0.05, 0) is 204 Å². The van der Waals surface area contributed by atoms with Crippen molar-refractivity contribution in [3.8, 4) is 66.8 Å². The minimum atomic E-state index is 0.0401. The molecule has 350 valence electrons. The summed E-state index contributed by atoms with van der Waals surface area (Å²) in [5.41, 5.74) is 22.6. The highest BCUT2D eigenvalue weighted by Gasteiger charge is 2.45. The maximum absolute atomic E-state index is 2.60. The van der Waals surface area contributed by atoms with Crippen molar-refractivity contribution in [3.05, 3.63) is 229 Å². The first-order chi connectivity index (χ1) is 36.6. The Morgan fingerprint density at radius 2 is 0.500 bits per heavy atom. The molecule has 0 unspecified atom stereocenters. The molecule has 2 fully saturated rings. The van der Waals surface area contributed by atoms with Crippen molar-refractivity contribution in [2.75, 3.05) is 0 Å². The Morgan fingerprint density at radius 3 is 0.878 bits per heavy atom. The summed E-state index contributed by atoms with van der Waals surface area (Å²) in [5, 5.41) is 16.2. The number of hydrogen-bond donors (Lipinski definition) is 0. The van der Waals surface area contributed by atoms with Gasteiger partial charge in [0.25, 0.3) is 0 Å².